The van der Waals surface area contributed by atoms with Gasteiger partial charge in [-0.2, -0.15) is 5.10 Å². The van der Waals surface area contributed by atoms with Crippen LogP contribution in [0.25, 0.3) is 27.5 Å². The fraction of sp³-hybridized carbons (Fsp3) is 0.290. The van der Waals surface area contributed by atoms with E-state index in [9.17, 15) is 9.18 Å². The predicted molar refractivity (Wildman–Crippen MR) is 152 cm³/mol. The number of unbranched alkanes of at least 4 members (excludes halogenated alkanes) is 1. The van der Waals surface area contributed by atoms with Gasteiger partial charge >= 0.3 is 0 Å². The normalized spacial score (nSPS) is 13.9. The lowest BCUT2D eigenvalue weighted by Gasteiger charge is -2.36. The van der Waals surface area contributed by atoms with Crippen molar-refractivity contribution >= 4 is 33.5 Å². The maximum absolute atomic E-state index is 13.6. The van der Waals surface area contributed by atoms with E-state index in [0.717, 1.165) is 69.7 Å². The molecule has 0 bridgehead atoms. The number of aromatic nitrogens is 4. The van der Waals surface area contributed by atoms with Gasteiger partial charge in [0, 0.05) is 38.2 Å². The fourth-order valence-electron chi connectivity index (χ4n) is 5.35. The molecule has 0 unspecified atom stereocenters. The molecule has 198 valence electrons. The third-order valence-corrected chi connectivity index (χ3v) is 7.44. The number of anilines is 1. The van der Waals surface area contributed by atoms with E-state index in [2.05, 4.69) is 11.8 Å². The molecule has 8 heteroatoms. The first-order chi connectivity index (χ1) is 19.0. The number of fused-ring (bicyclic) bond motifs is 2. The zero-order valence-corrected chi connectivity index (χ0v) is 22.3. The lowest BCUT2D eigenvalue weighted by Crippen LogP contribution is -2.49. The molecule has 39 heavy (non-hydrogen) atoms. The first-order valence-electron chi connectivity index (χ1n) is 13.6. The van der Waals surface area contributed by atoms with Crippen LogP contribution in [-0.2, 0) is 6.42 Å². The van der Waals surface area contributed by atoms with Gasteiger partial charge in [0.2, 0.25) is 0 Å². The highest BCUT2D eigenvalue weighted by atomic mass is 19.1. The van der Waals surface area contributed by atoms with Gasteiger partial charge in [-0.25, -0.2) is 19.0 Å². The Morgan fingerprint density at radius 1 is 0.923 bits per heavy atom. The second-order valence-corrected chi connectivity index (χ2v) is 10.0. The van der Waals surface area contributed by atoms with Gasteiger partial charge in [0.05, 0.1) is 16.8 Å². The lowest BCUT2D eigenvalue weighted by atomic mass is 10.0. The molecule has 6 rings (SSSR count). The molecule has 0 atom stereocenters. The molecule has 1 aliphatic heterocycles. The molecule has 1 aliphatic rings. The number of halogens is 1. The number of piperazine rings is 1. The topological polar surface area (TPSA) is 67.2 Å². The van der Waals surface area contributed by atoms with Crippen molar-refractivity contribution in [2.45, 2.75) is 33.1 Å². The summed E-state index contributed by atoms with van der Waals surface area (Å²) in [7, 11) is 0. The number of nitrogens with zero attached hydrogens (tertiary/aromatic N) is 6. The molecule has 0 aliphatic carbocycles. The molecule has 2 aromatic heterocycles. The summed E-state index contributed by atoms with van der Waals surface area (Å²) in [4.78, 5) is 27.6. The van der Waals surface area contributed by atoms with Crippen LogP contribution in [0.1, 0.15) is 41.6 Å². The second-order valence-electron chi connectivity index (χ2n) is 10.0. The summed E-state index contributed by atoms with van der Waals surface area (Å²) in [6, 6.07) is 20.2. The SMILES string of the molecule is CCCCc1nc(N2CCN(C(=O)c3cccc4ccccc34)CC2)c2c(C)nn(-c3ccc(F)cc3)c2n1. The minimum absolute atomic E-state index is 0.0585. The van der Waals surface area contributed by atoms with Crippen LogP contribution in [0.4, 0.5) is 10.2 Å². The first-order valence-corrected chi connectivity index (χ1v) is 13.6. The Morgan fingerprint density at radius 3 is 2.44 bits per heavy atom. The Balaban J connectivity index is 1.32. The summed E-state index contributed by atoms with van der Waals surface area (Å²) in [5, 5.41) is 7.72. The van der Waals surface area contributed by atoms with Crippen LogP contribution in [-0.4, -0.2) is 56.7 Å². The summed E-state index contributed by atoms with van der Waals surface area (Å²) in [6.45, 7) is 6.64. The molecule has 0 radical (unpaired) electrons. The van der Waals surface area contributed by atoms with Gasteiger partial charge < -0.3 is 9.80 Å². The number of rotatable bonds is 6. The summed E-state index contributed by atoms with van der Waals surface area (Å²) in [6.07, 6.45) is 2.80. The van der Waals surface area contributed by atoms with Crippen LogP contribution < -0.4 is 4.90 Å². The van der Waals surface area contributed by atoms with Crippen molar-refractivity contribution in [3.8, 4) is 5.69 Å². The third kappa shape index (κ3) is 4.71. The van der Waals surface area contributed by atoms with Crippen molar-refractivity contribution in [3.05, 3.63) is 89.6 Å². The van der Waals surface area contributed by atoms with Crippen LogP contribution in [0.15, 0.2) is 66.7 Å². The minimum Gasteiger partial charge on any atom is -0.352 e. The van der Waals surface area contributed by atoms with Crippen LogP contribution in [0.2, 0.25) is 0 Å². The number of hydrogen-bond acceptors (Lipinski definition) is 5. The Morgan fingerprint density at radius 2 is 1.67 bits per heavy atom. The van der Waals surface area contributed by atoms with Crippen LogP contribution in [0.5, 0.6) is 0 Å². The smallest absolute Gasteiger partial charge is 0.254 e. The second kappa shape index (κ2) is 10.4. The molecule has 7 nitrogen and oxygen atoms in total. The largest absolute Gasteiger partial charge is 0.352 e. The van der Waals surface area contributed by atoms with E-state index in [4.69, 9.17) is 15.1 Å². The molecule has 1 fully saturated rings. The van der Waals surface area contributed by atoms with Crippen molar-refractivity contribution in [1.82, 2.24) is 24.6 Å². The Bertz CT molecular complexity index is 1650. The molecule has 3 aromatic carbocycles. The molecule has 0 N–H and O–H groups in total. The summed E-state index contributed by atoms with van der Waals surface area (Å²) < 4.78 is 15.4. The van der Waals surface area contributed by atoms with Gasteiger partial charge in [0.15, 0.2) is 5.65 Å². The fourth-order valence-corrected chi connectivity index (χ4v) is 5.35. The number of amides is 1. The van der Waals surface area contributed by atoms with Gasteiger partial charge in [-0.1, -0.05) is 49.7 Å². The number of benzene rings is 3. The van der Waals surface area contributed by atoms with E-state index >= 15 is 0 Å². The van der Waals surface area contributed by atoms with Crippen molar-refractivity contribution in [3.63, 3.8) is 0 Å². The van der Waals surface area contributed by atoms with E-state index in [-0.39, 0.29) is 11.7 Å². The Kier molecular flexibility index (Phi) is 6.69. The van der Waals surface area contributed by atoms with Crippen LogP contribution in [0.3, 0.4) is 0 Å². The third-order valence-electron chi connectivity index (χ3n) is 7.44. The van der Waals surface area contributed by atoms with E-state index in [1.165, 1.54) is 12.1 Å². The van der Waals surface area contributed by atoms with E-state index < -0.39 is 0 Å². The highest BCUT2D eigenvalue weighted by molar-refractivity contribution is 6.07. The van der Waals surface area contributed by atoms with E-state index in [1.54, 1.807) is 16.8 Å². The molecule has 0 saturated carbocycles. The van der Waals surface area contributed by atoms with Gasteiger partial charge in [-0.05, 0) is 54.4 Å². The molecule has 5 aromatic rings. The first kappa shape index (κ1) is 25.0. The predicted octanol–water partition coefficient (Wildman–Crippen LogP) is 5.72. The highest BCUT2D eigenvalue weighted by Crippen LogP contribution is 2.30. The quantitative estimate of drug-likeness (QED) is 0.285. The standard InChI is InChI=1S/C31H31FN6O/c1-3-4-12-27-33-29(28-21(2)35-38(30(28)34-27)24-15-13-23(32)14-16-24)36-17-19-37(20-18-36)31(39)26-11-7-9-22-8-5-6-10-25(22)26/h5-11,13-16H,3-4,12,17-20H2,1-2H3. The number of hydrogen-bond donors (Lipinski definition) is 0. The Hall–Kier alpha value is -4.33. The molecule has 1 saturated heterocycles. The molecule has 1 amide bonds. The van der Waals surface area contributed by atoms with E-state index in [1.807, 2.05) is 54.3 Å². The highest BCUT2D eigenvalue weighted by Gasteiger charge is 2.27. The molecular weight excluding hydrogens is 491 g/mol. The maximum atomic E-state index is 13.6. The number of aryl methyl sites for hydroxylation is 2. The molecular formula is C31H31FN6O. The average Bonchev–Trinajstić information content (AvgIpc) is 3.31. The van der Waals surface area contributed by atoms with Gasteiger partial charge in [-0.15, -0.1) is 0 Å². The monoisotopic (exact) mass is 522 g/mol. The summed E-state index contributed by atoms with van der Waals surface area (Å²) in [5.41, 5.74) is 3.04. The lowest BCUT2D eigenvalue weighted by molar-refractivity contribution is 0.0748. The molecule has 0 spiro atoms. The molecule has 3 heterocycles. The van der Waals surface area contributed by atoms with Crippen molar-refractivity contribution in [2.24, 2.45) is 0 Å². The van der Waals surface area contributed by atoms with Gasteiger partial charge in [0.25, 0.3) is 5.91 Å². The number of carbonyl (C=O) groups excluding carboxylic acids is 1. The summed E-state index contributed by atoms with van der Waals surface area (Å²) in [5.74, 6) is 1.40. The van der Waals surface area contributed by atoms with E-state index in [0.29, 0.717) is 26.2 Å². The zero-order chi connectivity index (χ0) is 26.9. The van der Waals surface area contributed by atoms with Gasteiger partial charge in [-0.3, -0.25) is 4.79 Å². The Labute approximate surface area is 226 Å². The number of carbonyl (C=O) groups is 1. The zero-order valence-electron chi connectivity index (χ0n) is 22.3. The van der Waals surface area contributed by atoms with Crippen LogP contribution >= 0.6 is 0 Å². The average molecular weight is 523 g/mol. The van der Waals surface area contributed by atoms with Crippen LogP contribution in [0, 0.1) is 12.7 Å². The maximum Gasteiger partial charge on any atom is 0.254 e. The van der Waals surface area contributed by atoms with Crippen molar-refractivity contribution in [1.29, 1.82) is 0 Å². The summed E-state index contributed by atoms with van der Waals surface area (Å²) >= 11 is 0. The van der Waals surface area contributed by atoms with Crippen molar-refractivity contribution in [2.75, 3.05) is 31.1 Å². The van der Waals surface area contributed by atoms with Gasteiger partial charge in [0.1, 0.15) is 17.5 Å². The van der Waals surface area contributed by atoms with Crippen molar-refractivity contribution < 1.29 is 9.18 Å². The minimum atomic E-state index is -0.290.